The van der Waals surface area contributed by atoms with Gasteiger partial charge in [0.15, 0.2) is 0 Å². The molecule has 0 spiro atoms. The van der Waals surface area contributed by atoms with Crippen molar-refractivity contribution >= 4 is 47.5 Å². The lowest BCUT2D eigenvalue weighted by Crippen LogP contribution is -1.85. The molecule has 5 rings (SSSR count). The molecule has 0 aliphatic heterocycles. The zero-order valence-electron chi connectivity index (χ0n) is 31.8. The number of para-hydroxylation sites is 3. The molecule has 0 N–H and O–H groups in total. The highest BCUT2D eigenvalue weighted by molar-refractivity contribution is 5.49. The molecule has 280 valence electrons. The van der Waals surface area contributed by atoms with E-state index in [4.69, 9.17) is 9.59 Å². The fourth-order valence-electron chi connectivity index (χ4n) is 3.09. The molecule has 0 atom stereocenters. The average Bonchev–Trinajstić information content (AvgIpc) is 3.22. The van der Waals surface area contributed by atoms with Gasteiger partial charge in [-0.05, 0) is 53.9 Å². The number of hydrogen-bond acceptors (Lipinski definition) is 10. The molecule has 0 saturated heterocycles. The van der Waals surface area contributed by atoms with E-state index in [0.29, 0.717) is 17.1 Å². The van der Waals surface area contributed by atoms with Gasteiger partial charge in [0, 0.05) is 14.1 Å². The van der Waals surface area contributed by atoms with Gasteiger partial charge in [-0.25, -0.2) is 34.0 Å². The van der Waals surface area contributed by atoms with E-state index in [9.17, 15) is 14.4 Å². The zero-order chi connectivity index (χ0) is 40.8. The molecular weight excluding hydrogens is 679 g/mol. The number of aliphatic imine (C=N–C) groups is 5. The number of rotatable bonds is 5. The van der Waals surface area contributed by atoms with Gasteiger partial charge in [0.25, 0.3) is 0 Å². The van der Waals surface area contributed by atoms with Gasteiger partial charge in [0.1, 0.15) is 0 Å². The summed E-state index contributed by atoms with van der Waals surface area (Å²) in [4.78, 5) is 62.9. The van der Waals surface area contributed by atoms with Crippen LogP contribution in [-0.2, 0) is 30.4 Å². The first kappa shape index (κ1) is 51.4. The standard InChI is InChI=1S/C13H12.3C7H5NO.2C3H8.2C2H3NO/c1-3-7-12(8-4-1)11-13-9-5-2-6-10-13;3*9-6-8-7-4-2-1-3-5-7;2*1-3-2;2*1-3-2-4/h1-10H,11H2;3*1-5H;2*3H2,1-2H3;2*1H3. The molecule has 0 aliphatic rings. The van der Waals surface area contributed by atoms with Crippen molar-refractivity contribution in [2.24, 2.45) is 25.0 Å². The van der Waals surface area contributed by atoms with Crippen LogP contribution in [0.4, 0.5) is 17.1 Å². The molecule has 0 amide bonds. The molecular formula is C44H49N5O5. The van der Waals surface area contributed by atoms with Gasteiger partial charge in [-0.15, -0.1) is 0 Å². The first-order valence-electron chi connectivity index (χ1n) is 16.8. The normalized spacial score (nSPS) is 7.67. The van der Waals surface area contributed by atoms with E-state index in [-0.39, 0.29) is 0 Å². The van der Waals surface area contributed by atoms with Gasteiger partial charge in [0.05, 0.1) is 17.1 Å². The van der Waals surface area contributed by atoms with Crippen LogP contribution in [0.2, 0.25) is 0 Å². The summed E-state index contributed by atoms with van der Waals surface area (Å²) >= 11 is 0. The van der Waals surface area contributed by atoms with Crippen molar-refractivity contribution in [2.75, 3.05) is 14.1 Å². The fraction of sp³-hybridized carbons (Fsp3) is 0.205. The SMILES string of the molecule is CCC.CCC.CN=C=O.CN=C=O.O=C=Nc1ccccc1.O=C=Nc1ccccc1.O=C=Nc1ccccc1.c1ccc(Cc2ccccc2)cc1. The molecule has 0 bridgehead atoms. The molecule has 0 fully saturated rings. The Morgan fingerprint density at radius 3 is 0.704 bits per heavy atom. The molecule has 0 aromatic heterocycles. The predicted octanol–water partition coefficient (Wildman–Crippen LogP) is 11.0. The average molecular weight is 728 g/mol. The Balaban J connectivity index is -0.000000581. The van der Waals surface area contributed by atoms with Crippen molar-refractivity contribution in [2.45, 2.75) is 47.0 Å². The molecule has 0 aliphatic carbocycles. The Morgan fingerprint density at radius 2 is 0.537 bits per heavy atom. The van der Waals surface area contributed by atoms with Crippen LogP contribution in [0.1, 0.15) is 51.7 Å². The van der Waals surface area contributed by atoms with Gasteiger partial charge >= 0.3 is 0 Å². The largest absolute Gasteiger partial charge is 0.240 e. The molecule has 5 aromatic rings. The second-order valence-electron chi connectivity index (χ2n) is 9.81. The molecule has 5 aromatic carbocycles. The summed E-state index contributed by atoms with van der Waals surface area (Å²) in [5, 5.41) is 0. The van der Waals surface area contributed by atoms with Crippen molar-refractivity contribution in [1.29, 1.82) is 0 Å². The van der Waals surface area contributed by atoms with Gasteiger partial charge in [0.2, 0.25) is 30.4 Å². The first-order chi connectivity index (χ1) is 26.4. The Hall–Kier alpha value is -7.00. The van der Waals surface area contributed by atoms with Crippen LogP contribution in [-0.4, -0.2) is 44.5 Å². The smallest absolute Gasteiger partial charge is 0.211 e. The fourth-order valence-corrected chi connectivity index (χ4v) is 3.09. The molecule has 0 unspecified atom stereocenters. The van der Waals surface area contributed by atoms with Crippen molar-refractivity contribution in [3.63, 3.8) is 0 Å². The highest BCUT2D eigenvalue weighted by atomic mass is 16.1. The maximum absolute atomic E-state index is 9.68. The van der Waals surface area contributed by atoms with Crippen LogP contribution >= 0.6 is 0 Å². The first-order valence-corrected chi connectivity index (χ1v) is 16.8. The third kappa shape index (κ3) is 37.8. The van der Waals surface area contributed by atoms with Gasteiger partial charge in [-0.1, -0.05) is 156 Å². The van der Waals surface area contributed by atoms with E-state index in [1.807, 2.05) is 54.6 Å². The number of isocyanates is 5. The minimum absolute atomic E-state index is 0.646. The molecule has 0 heterocycles. The van der Waals surface area contributed by atoms with Crippen LogP contribution in [0.5, 0.6) is 0 Å². The number of hydrogen-bond donors (Lipinski definition) is 0. The number of carbonyl (C=O) groups excluding carboxylic acids is 5. The lowest BCUT2D eigenvalue weighted by molar-refractivity contribution is 0.564. The Morgan fingerprint density at radius 1 is 0.352 bits per heavy atom. The van der Waals surface area contributed by atoms with E-state index in [1.54, 1.807) is 36.4 Å². The molecule has 10 nitrogen and oxygen atoms in total. The summed E-state index contributed by atoms with van der Waals surface area (Å²) in [6.07, 6.45) is 10.5. The van der Waals surface area contributed by atoms with Crippen molar-refractivity contribution in [3.8, 4) is 0 Å². The summed E-state index contributed by atoms with van der Waals surface area (Å²) in [6, 6.07) is 48.0. The van der Waals surface area contributed by atoms with Crippen molar-refractivity contribution < 1.29 is 24.0 Å². The quantitative estimate of drug-likeness (QED) is 0.130. The summed E-state index contributed by atoms with van der Waals surface area (Å²) in [7, 11) is 2.76. The van der Waals surface area contributed by atoms with Gasteiger partial charge < -0.3 is 0 Å². The maximum Gasteiger partial charge on any atom is 0.240 e. The van der Waals surface area contributed by atoms with Crippen LogP contribution in [0.25, 0.3) is 0 Å². The van der Waals surface area contributed by atoms with E-state index < -0.39 is 0 Å². The summed E-state index contributed by atoms with van der Waals surface area (Å²) < 4.78 is 0. The third-order valence-corrected chi connectivity index (χ3v) is 5.07. The molecule has 10 heteroatoms. The lowest BCUT2D eigenvalue weighted by atomic mass is 10.1. The molecule has 0 radical (unpaired) electrons. The number of benzene rings is 5. The second-order valence-corrected chi connectivity index (χ2v) is 9.81. The highest BCUT2D eigenvalue weighted by Crippen LogP contribution is 2.09. The van der Waals surface area contributed by atoms with Gasteiger partial charge in [-0.3, -0.25) is 0 Å². The maximum atomic E-state index is 9.68. The topological polar surface area (TPSA) is 147 Å². The van der Waals surface area contributed by atoms with Crippen molar-refractivity contribution in [3.05, 3.63) is 163 Å². The summed E-state index contributed by atoms with van der Waals surface area (Å²) in [5.41, 5.74) is 4.68. The second kappa shape index (κ2) is 44.0. The van der Waals surface area contributed by atoms with E-state index >= 15 is 0 Å². The van der Waals surface area contributed by atoms with Crippen LogP contribution in [0.15, 0.2) is 177 Å². The third-order valence-electron chi connectivity index (χ3n) is 5.07. The zero-order valence-corrected chi connectivity index (χ0v) is 31.8. The van der Waals surface area contributed by atoms with Crippen molar-refractivity contribution in [1.82, 2.24) is 0 Å². The van der Waals surface area contributed by atoms with Crippen LogP contribution in [0.3, 0.4) is 0 Å². The van der Waals surface area contributed by atoms with E-state index in [0.717, 1.165) is 6.42 Å². The van der Waals surface area contributed by atoms with E-state index in [2.05, 4.69) is 113 Å². The van der Waals surface area contributed by atoms with Gasteiger partial charge in [-0.2, -0.15) is 15.0 Å². The Kier molecular flexibility index (Phi) is 41.9. The highest BCUT2D eigenvalue weighted by Gasteiger charge is 1.92. The summed E-state index contributed by atoms with van der Waals surface area (Å²) in [5.74, 6) is 0. The number of nitrogens with zero attached hydrogens (tertiary/aromatic N) is 5. The van der Waals surface area contributed by atoms with E-state index in [1.165, 1.54) is 68.5 Å². The minimum Gasteiger partial charge on any atom is -0.211 e. The minimum atomic E-state index is 0.646. The van der Waals surface area contributed by atoms with Crippen LogP contribution in [0, 0.1) is 0 Å². The monoisotopic (exact) mass is 727 g/mol. The lowest BCUT2D eigenvalue weighted by Gasteiger charge is -2.00. The molecule has 0 saturated carbocycles. The predicted molar refractivity (Wildman–Crippen MR) is 218 cm³/mol. The Labute approximate surface area is 319 Å². The van der Waals surface area contributed by atoms with Crippen LogP contribution < -0.4 is 0 Å². The Bertz CT molecular complexity index is 1610. The molecule has 54 heavy (non-hydrogen) atoms. The summed E-state index contributed by atoms with van der Waals surface area (Å²) in [6.45, 7) is 8.50.